The van der Waals surface area contributed by atoms with Gasteiger partial charge in [0.15, 0.2) is 0 Å². The maximum Gasteiger partial charge on any atom is 0.215 e. The number of nitrogens with one attached hydrogen (secondary N) is 1. The van der Waals surface area contributed by atoms with Crippen LogP contribution in [0.25, 0.3) is 5.57 Å². The van der Waals surface area contributed by atoms with Crippen molar-refractivity contribution in [3.8, 4) is 11.6 Å². The highest BCUT2D eigenvalue weighted by atomic mass is 16.5. The summed E-state index contributed by atoms with van der Waals surface area (Å²) in [5, 5.41) is 7.25. The van der Waals surface area contributed by atoms with Crippen LogP contribution in [0.5, 0.6) is 11.6 Å². The zero-order valence-corrected chi connectivity index (χ0v) is 14.4. The van der Waals surface area contributed by atoms with Gasteiger partial charge in [0, 0.05) is 11.6 Å². The summed E-state index contributed by atoms with van der Waals surface area (Å²) in [6.45, 7) is 8.13. The molecule has 0 aliphatic heterocycles. The van der Waals surface area contributed by atoms with Crippen molar-refractivity contribution in [2.45, 2.75) is 33.1 Å². The molecule has 0 aliphatic carbocycles. The lowest BCUT2D eigenvalue weighted by Crippen LogP contribution is -1.92. The Kier molecular flexibility index (Phi) is 6.43. The lowest BCUT2D eigenvalue weighted by atomic mass is 10.0. The van der Waals surface area contributed by atoms with E-state index in [0.29, 0.717) is 5.88 Å². The van der Waals surface area contributed by atoms with E-state index in [9.17, 15) is 0 Å². The highest BCUT2D eigenvalue weighted by Crippen LogP contribution is 2.30. The Morgan fingerprint density at radius 3 is 2.88 bits per heavy atom. The number of aromatic nitrogens is 2. The van der Waals surface area contributed by atoms with Crippen molar-refractivity contribution in [3.63, 3.8) is 0 Å². The molecule has 4 heteroatoms. The molecule has 3 N–H and O–H groups in total. The number of rotatable bonds is 8. The summed E-state index contributed by atoms with van der Waals surface area (Å²) in [7, 11) is 0. The summed E-state index contributed by atoms with van der Waals surface area (Å²) in [4.78, 5) is 0. The van der Waals surface area contributed by atoms with Gasteiger partial charge in [0.25, 0.3) is 0 Å². The van der Waals surface area contributed by atoms with E-state index in [-0.39, 0.29) is 0 Å². The maximum absolute atomic E-state index is 6.01. The molecule has 0 atom stereocenters. The molecule has 2 rings (SSSR count). The van der Waals surface area contributed by atoms with Gasteiger partial charge in [-0.15, -0.1) is 0 Å². The second-order valence-electron chi connectivity index (χ2n) is 5.64. The summed E-state index contributed by atoms with van der Waals surface area (Å²) in [6.07, 6.45) is 10.0. The van der Waals surface area contributed by atoms with Gasteiger partial charge in [-0.1, -0.05) is 37.8 Å². The average Bonchev–Trinajstić information content (AvgIpc) is 3.01. The van der Waals surface area contributed by atoms with Crippen molar-refractivity contribution in [2.75, 3.05) is 0 Å². The van der Waals surface area contributed by atoms with Crippen LogP contribution in [0, 0.1) is 0 Å². The monoisotopic (exact) mass is 323 g/mol. The first kappa shape index (κ1) is 17.6. The van der Waals surface area contributed by atoms with Crippen LogP contribution >= 0.6 is 0 Å². The van der Waals surface area contributed by atoms with Crippen molar-refractivity contribution in [3.05, 3.63) is 72.1 Å². The van der Waals surface area contributed by atoms with Gasteiger partial charge in [0.1, 0.15) is 5.75 Å². The topological polar surface area (TPSA) is 63.9 Å². The molecule has 0 radical (unpaired) electrons. The summed E-state index contributed by atoms with van der Waals surface area (Å²) in [5.41, 5.74) is 9.47. The van der Waals surface area contributed by atoms with Crippen molar-refractivity contribution in [1.82, 2.24) is 10.2 Å². The predicted octanol–water partition coefficient (Wildman–Crippen LogP) is 4.76. The molecular weight excluding hydrogens is 298 g/mol. The number of nitrogens with zero attached hydrogens (tertiary/aromatic N) is 1. The SMILES string of the molecule is C=C(C)c1ccc(CC)cc1Oc1cc(CC/C=C\C=C/N)n[nH]1. The molecule has 24 heavy (non-hydrogen) atoms. The number of ether oxygens (including phenoxy) is 1. The fourth-order valence-corrected chi connectivity index (χ4v) is 2.34. The van der Waals surface area contributed by atoms with E-state index in [1.54, 1.807) is 6.08 Å². The standard InChI is InChI=1S/C20H25N3O/c1-4-16-10-11-18(15(2)3)19(13-16)24-20-14-17(22-23-20)9-7-5-6-8-12-21/h5-6,8,10-14H,2,4,7,9,21H2,1,3H3,(H,22,23)/b6-5-,12-8-. The number of aryl methyl sites for hydroxylation is 2. The van der Waals surface area contributed by atoms with E-state index in [0.717, 1.165) is 41.8 Å². The fourth-order valence-electron chi connectivity index (χ4n) is 2.34. The zero-order chi connectivity index (χ0) is 17.4. The Morgan fingerprint density at radius 2 is 2.17 bits per heavy atom. The molecule has 0 fully saturated rings. The van der Waals surface area contributed by atoms with Crippen LogP contribution < -0.4 is 10.5 Å². The molecule has 0 spiro atoms. The molecular formula is C20H25N3O. The van der Waals surface area contributed by atoms with Gasteiger partial charge in [-0.05, 0) is 55.7 Å². The first-order chi connectivity index (χ1) is 11.6. The first-order valence-corrected chi connectivity index (χ1v) is 8.18. The van der Waals surface area contributed by atoms with Gasteiger partial charge in [-0.2, -0.15) is 5.10 Å². The summed E-state index contributed by atoms with van der Waals surface area (Å²) in [6, 6.07) is 8.17. The average molecular weight is 323 g/mol. The Hall–Kier alpha value is -2.75. The van der Waals surface area contributed by atoms with Crippen LogP contribution in [0.15, 0.2) is 55.3 Å². The minimum Gasteiger partial charge on any atom is -0.439 e. The van der Waals surface area contributed by atoms with Crippen LogP contribution in [-0.2, 0) is 12.8 Å². The largest absolute Gasteiger partial charge is 0.439 e. The lowest BCUT2D eigenvalue weighted by Gasteiger charge is -2.11. The molecule has 1 aromatic heterocycles. The fraction of sp³-hybridized carbons (Fsp3) is 0.250. The van der Waals surface area contributed by atoms with E-state index in [1.165, 1.54) is 11.8 Å². The number of hydrogen-bond acceptors (Lipinski definition) is 3. The Morgan fingerprint density at radius 1 is 1.33 bits per heavy atom. The van der Waals surface area contributed by atoms with E-state index in [1.807, 2.05) is 19.1 Å². The van der Waals surface area contributed by atoms with Crippen LogP contribution in [0.3, 0.4) is 0 Å². The maximum atomic E-state index is 6.01. The highest BCUT2D eigenvalue weighted by molar-refractivity contribution is 5.68. The molecule has 0 bridgehead atoms. The van der Waals surface area contributed by atoms with Crippen LogP contribution in [0.1, 0.15) is 37.1 Å². The molecule has 0 aliphatic rings. The number of H-pyrrole nitrogens is 1. The number of allylic oxidation sites excluding steroid dienone is 4. The van der Waals surface area contributed by atoms with Crippen molar-refractivity contribution < 1.29 is 4.74 Å². The lowest BCUT2D eigenvalue weighted by molar-refractivity contribution is 0.459. The van der Waals surface area contributed by atoms with Gasteiger partial charge in [0.2, 0.25) is 5.88 Å². The molecule has 1 aromatic carbocycles. The minimum absolute atomic E-state index is 0.645. The van der Waals surface area contributed by atoms with Gasteiger partial charge in [0.05, 0.1) is 5.69 Å². The Bertz CT molecular complexity index is 741. The highest BCUT2D eigenvalue weighted by Gasteiger charge is 2.09. The molecule has 1 heterocycles. The van der Waals surface area contributed by atoms with Gasteiger partial charge in [-0.25, -0.2) is 5.10 Å². The number of nitrogens with two attached hydrogens (primary N) is 1. The molecule has 4 nitrogen and oxygen atoms in total. The zero-order valence-electron chi connectivity index (χ0n) is 14.4. The van der Waals surface area contributed by atoms with E-state index < -0.39 is 0 Å². The predicted molar refractivity (Wildman–Crippen MR) is 100.0 cm³/mol. The van der Waals surface area contributed by atoms with Crippen molar-refractivity contribution in [1.29, 1.82) is 0 Å². The second-order valence-corrected chi connectivity index (χ2v) is 5.64. The number of hydrogen-bond donors (Lipinski definition) is 2. The molecule has 0 amide bonds. The number of aromatic amines is 1. The second kappa shape index (κ2) is 8.77. The smallest absolute Gasteiger partial charge is 0.215 e. The van der Waals surface area contributed by atoms with Gasteiger partial charge < -0.3 is 10.5 Å². The van der Waals surface area contributed by atoms with Crippen LogP contribution in [0.4, 0.5) is 0 Å². The third-order valence-electron chi connectivity index (χ3n) is 3.67. The third-order valence-corrected chi connectivity index (χ3v) is 3.67. The molecule has 0 unspecified atom stereocenters. The van der Waals surface area contributed by atoms with E-state index in [4.69, 9.17) is 10.5 Å². The molecule has 2 aromatic rings. The molecule has 126 valence electrons. The van der Waals surface area contributed by atoms with Crippen molar-refractivity contribution >= 4 is 5.57 Å². The molecule has 0 saturated carbocycles. The Balaban J connectivity index is 2.07. The summed E-state index contributed by atoms with van der Waals surface area (Å²) >= 11 is 0. The summed E-state index contributed by atoms with van der Waals surface area (Å²) in [5.74, 6) is 1.46. The van der Waals surface area contributed by atoms with E-state index in [2.05, 4.69) is 48.0 Å². The van der Waals surface area contributed by atoms with E-state index >= 15 is 0 Å². The van der Waals surface area contributed by atoms with Crippen molar-refractivity contribution in [2.24, 2.45) is 5.73 Å². The van der Waals surface area contributed by atoms with Crippen LogP contribution in [-0.4, -0.2) is 10.2 Å². The number of benzene rings is 1. The normalized spacial score (nSPS) is 11.4. The minimum atomic E-state index is 0.645. The first-order valence-electron chi connectivity index (χ1n) is 8.18. The molecule has 0 saturated heterocycles. The van der Waals surface area contributed by atoms with Gasteiger partial charge in [-0.3, -0.25) is 0 Å². The van der Waals surface area contributed by atoms with Crippen LogP contribution in [0.2, 0.25) is 0 Å². The van der Waals surface area contributed by atoms with Gasteiger partial charge >= 0.3 is 0 Å². The third kappa shape index (κ3) is 4.88. The summed E-state index contributed by atoms with van der Waals surface area (Å²) < 4.78 is 6.01. The Labute approximate surface area is 143 Å². The quantitative estimate of drug-likeness (QED) is 0.688.